The van der Waals surface area contributed by atoms with Gasteiger partial charge < -0.3 is 11.1 Å². The summed E-state index contributed by atoms with van der Waals surface area (Å²) in [5, 5.41) is 7.56. The third kappa shape index (κ3) is 4.01. The molecule has 78 valence electrons. The molecule has 14 heavy (non-hydrogen) atoms. The zero-order valence-corrected chi connectivity index (χ0v) is 8.16. The van der Waals surface area contributed by atoms with Crippen LogP contribution in [0.2, 0.25) is 0 Å². The zero-order chi connectivity index (χ0) is 10.6. The lowest BCUT2D eigenvalue weighted by atomic mass is 10.5. The Balaban J connectivity index is 2.47. The number of hydrogen-bond donors (Lipinski definition) is 3. The van der Waals surface area contributed by atoms with Crippen LogP contribution in [-0.4, -0.2) is 30.7 Å². The summed E-state index contributed by atoms with van der Waals surface area (Å²) in [6, 6.07) is 1.58. The Kier molecular flexibility index (Phi) is 3.20. The molecule has 1 heterocycles. The summed E-state index contributed by atoms with van der Waals surface area (Å²) in [4.78, 5) is 7.49. The molecule has 0 saturated heterocycles. The fourth-order valence-electron chi connectivity index (χ4n) is 0.794. The molecule has 1 aromatic rings. The Bertz CT molecular complexity index is 404. The number of rotatable bonds is 4. The number of nitrogens with zero attached hydrogens (tertiary/aromatic N) is 2. The van der Waals surface area contributed by atoms with Crippen molar-refractivity contribution in [2.75, 3.05) is 23.3 Å². The largest absolute Gasteiger partial charge is 0.369 e. The fourth-order valence-corrected chi connectivity index (χ4v) is 1.18. The van der Waals surface area contributed by atoms with Gasteiger partial charge in [0.2, 0.25) is 16.0 Å². The quantitative estimate of drug-likeness (QED) is 0.579. The first kappa shape index (κ1) is 10.7. The normalized spacial score (nSPS) is 11.2. The van der Waals surface area contributed by atoms with Crippen molar-refractivity contribution in [3.05, 3.63) is 12.3 Å². The molecule has 0 atom stereocenters. The number of nitrogens with two attached hydrogens (primary N) is 2. The SMILES string of the molecule is Nc1nccc(NCCS(N)(=O)=O)n1. The van der Waals surface area contributed by atoms with Gasteiger partial charge in [0.05, 0.1) is 5.75 Å². The molecule has 1 rings (SSSR count). The van der Waals surface area contributed by atoms with Gasteiger partial charge >= 0.3 is 0 Å². The van der Waals surface area contributed by atoms with Gasteiger partial charge in [-0.1, -0.05) is 0 Å². The lowest BCUT2D eigenvalue weighted by Crippen LogP contribution is -2.22. The average Bonchev–Trinajstić information content (AvgIpc) is 2.01. The van der Waals surface area contributed by atoms with Gasteiger partial charge in [0.15, 0.2) is 0 Å². The van der Waals surface area contributed by atoms with Crippen molar-refractivity contribution in [3.63, 3.8) is 0 Å². The molecule has 0 unspecified atom stereocenters. The number of nitrogen functional groups attached to an aromatic ring is 1. The summed E-state index contributed by atoms with van der Waals surface area (Å²) in [5.41, 5.74) is 5.31. The van der Waals surface area contributed by atoms with Crippen LogP contribution in [0.25, 0.3) is 0 Å². The molecule has 0 amide bonds. The van der Waals surface area contributed by atoms with E-state index in [-0.39, 0.29) is 18.2 Å². The molecule has 0 aliphatic heterocycles. The topological polar surface area (TPSA) is 124 Å². The highest BCUT2D eigenvalue weighted by Gasteiger charge is 2.02. The first-order chi connectivity index (χ1) is 6.47. The van der Waals surface area contributed by atoms with Gasteiger partial charge in [-0.05, 0) is 6.07 Å². The van der Waals surface area contributed by atoms with Crippen LogP contribution in [0.1, 0.15) is 0 Å². The van der Waals surface area contributed by atoms with E-state index in [2.05, 4.69) is 15.3 Å². The number of hydrogen-bond acceptors (Lipinski definition) is 6. The van der Waals surface area contributed by atoms with Crippen LogP contribution in [0.15, 0.2) is 12.3 Å². The van der Waals surface area contributed by atoms with Crippen molar-refractivity contribution < 1.29 is 8.42 Å². The van der Waals surface area contributed by atoms with E-state index in [1.807, 2.05) is 0 Å². The van der Waals surface area contributed by atoms with Crippen LogP contribution < -0.4 is 16.2 Å². The smallest absolute Gasteiger partial charge is 0.221 e. The number of nitrogens with one attached hydrogen (secondary N) is 1. The maximum Gasteiger partial charge on any atom is 0.221 e. The van der Waals surface area contributed by atoms with E-state index < -0.39 is 10.0 Å². The summed E-state index contributed by atoms with van der Waals surface area (Å²) in [7, 11) is -3.44. The summed E-state index contributed by atoms with van der Waals surface area (Å²) in [5.74, 6) is 0.448. The molecule has 0 bridgehead atoms. The Morgan fingerprint density at radius 1 is 1.50 bits per heavy atom. The Hall–Kier alpha value is -1.41. The highest BCUT2D eigenvalue weighted by atomic mass is 32.2. The van der Waals surface area contributed by atoms with Crippen molar-refractivity contribution in [2.45, 2.75) is 0 Å². The number of anilines is 2. The molecule has 8 heteroatoms. The minimum absolute atomic E-state index is 0.130. The van der Waals surface area contributed by atoms with Crippen LogP contribution in [0, 0.1) is 0 Å². The summed E-state index contributed by atoms with van der Waals surface area (Å²) < 4.78 is 21.1. The monoisotopic (exact) mass is 217 g/mol. The molecule has 0 aromatic carbocycles. The van der Waals surface area contributed by atoms with Crippen molar-refractivity contribution in [1.82, 2.24) is 9.97 Å². The third-order valence-corrected chi connectivity index (χ3v) is 2.14. The molecule has 0 fully saturated rings. The van der Waals surface area contributed by atoms with Gasteiger partial charge in [-0.15, -0.1) is 0 Å². The predicted octanol–water partition coefficient (Wildman–Crippen LogP) is -1.24. The maximum absolute atomic E-state index is 10.6. The van der Waals surface area contributed by atoms with Gasteiger partial charge in [-0.25, -0.2) is 18.5 Å². The molecular formula is C6H11N5O2S. The minimum Gasteiger partial charge on any atom is -0.369 e. The fraction of sp³-hybridized carbons (Fsp3) is 0.333. The summed E-state index contributed by atoms with van der Waals surface area (Å²) >= 11 is 0. The lowest BCUT2D eigenvalue weighted by Gasteiger charge is -2.03. The molecule has 7 nitrogen and oxygen atoms in total. The molecule has 0 aliphatic rings. The van der Waals surface area contributed by atoms with Crippen molar-refractivity contribution >= 4 is 21.8 Å². The summed E-state index contributed by atoms with van der Waals surface area (Å²) in [6.45, 7) is 0.190. The maximum atomic E-state index is 10.6. The molecule has 0 saturated carbocycles. The highest BCUT2D eigenvalue weighted by Crippen LogP contribution is 2.01. The van der Waals surface area contributed by atoms with Crippen LogP contribution >= 0.6 is 0 Å². The molecule has 0 spiro atoms. The van der Waals surface area contributed by atoms with E-state index in [1.54, 1.807) is 6.07 Å². The van der Waals surface area contributed by atoms with Gasteiger partial charge in [0.25, 0.3) is 0 Å². The second-order valence-corrected chi connectivity index (χ2v) is 4.33. The number of primary sulfonamides is 1. The van der Waals surface area contributed by atoms with Crippen LogP contribution in [0.4, 0.5) is 11.8 Å². The third-order valence-electron chi connectivity index (χ3n) is 1.37. The highest BCUT2D eigenvalue weighted by molar-refractivity contribution is 7.89. The Morgan fingerprint density at radius 3 is 2.79 bits per heavy atom. The lowest BCUT2D eigenvalue weighted by molar-refractivity contribution is 0.598. The van der Waals surface area contributed by atoms with E-state index >= 15 is 0 Å². The zero-order valence-electron chi connectivity index (χ0n) is 7.34. The number of aromatic nitrogens is 2. The van der Waals surface area contributed by atoms with E-state index in [4.69, 9.17) is 10.9 Å². The number of sulfonamides is 1. The Morgan fingerprint density at radius 2 is 2.21 bits per heavy atom. The van der Waals surface area contributed by atoms with E-state index in [1.165, 1.54) is 6.20 Å². The average molecular weight is 217 g/mol. The second kappa shape index (κ2) is 4.20. The molecule has 1 aromatic heterocycles. The molecular weight excluding hydrogens is 206 g/mol. The second-order valence-electron chi connectivity index (χ2n) is 2.59. The van der Waals surface area contributed by atoms with Gasteiger partial charge in [0.1, 0.15) is 5.82 Å². The molecule has 0 aliphatic carbocycles. The molecule has 0 radical (unpaired) electrons. The minimum atomic E-state index is -3.44. The van der Waals surface area contributed by atoms with E-state index in [0.717, 1.165) is 0 Å². The van der Waals surface area contributed by atoms with Crippen LogP contribution in [-0.2, 0) is 10.0 Å². The van der Waals surface area contributed by atoms with Gasteiger partial charge in [-0.2, -0.15) is 4.98 Å². The van der Waals surface area contributed by atoms with Crippen LogP contribution in [0.3, 0.4) is 0 Å². The van der Waals surface area contributed by atoms with E-state index in [9.17, 15) is 8.42 Å². The first-order valence-corrected chi connectivity index (χ1v) is 5.52. The standard InChI is InChI=1S/C6H11N5O2S/c7-6-10-2-1-5(11-6)9-3-4-14(8,12)13/h1-2H,3-4H2,(H2,8,12,13)(H3,7,9,10,11). The van der Waals surface area contributed by atoms with Crippen molar-refractivity contribution in [1.29, 1.82) is 0 Å². The van der Waals surface area contributed by atoms with E-state index in [0.29, 0.717) is 5.82 Å². The summed E-state index contributed by atoms with van der Waals surface area (Å²) in [6.07, 6.45) is 1.47. The van der Waals surface area contributed by atoms with Crippen LogP contribution in [0.5, 0.6) is 0 Å². The van der Waals surface area contributed by atoms with Gasteiger partial charge in [0, 0.05) is 12.7 Å². The predicted molar refractivity (Wildman–Crippen MR) is 52.9 cm³/mol. The van der Waals surface area contributed by atoms with Crippen molar-refractivity contribution in [2.24, 2.45) is 5.14 Å². The van der Waals surface area contributed by atoms with Gasteiger partial charge in [-0.3, -0.25) is 0 Å². The first-order valence-electron chi connectivity index (χ1n) is 3.80. The molecule has 5 N–H and O–H groups in total. The Labute approximate surface area is 81.6 Å². The van der Waals surface area contributed by atoms with Crippen molar-refractivity contribution in [3.8, 4) is 0 Å².